The number of benzene rings is 3. The van der Waals surface area contributed by atoms with Crippen LogP contribution in [-0.4, -0.2) is 75.8 Å². The van der Waals surface area contributed by atoms with E-state index in [2.05, 4.69) is 43.3 Å². The lowest BCUT2D eigenvalue weighted by Gasteiger charge is -2.40. The molecule has 51 heavy (non-hydrogen) atoms. The zero-order valence-electron chi connectivity index (χ0n) is 28.7. The van der Waals surface area contributed by atoms with Crippen LogP contribution in [0.5, 0.6) is 0 Å². The second-order valence-electron chi connectivity index (χ2n) is 13.0. The average molecular weight is 695 g/mol. The van der Waals surface area contributed by atoms with Gasteiger partial charge in [-0.15, -0.1) is 0 Å². The highest BCUT2D eigenvalue weighted by molar-refractivity contribution is 5.76. The van der Waals surface area contributed by atoms with E-state index in [0.717, 1.165) is 72.1 Å². The number of anilines is 1. The highest BCUT2D eigenvalue weighted by Gasteiger charge is 2.34. The Hall–Kier alpha value is -4.72. The number of nitrogens with one attached hydrogen (secondary N) is 2. The fraction of sp³-hybridized carbons (Fsp3) is 0.385. The summed E-state index contributed by atoms with van der Waals surface area (Å²) < 4.78 is 13.4. The van der Waals surface area contributed by atoms with Gasteiger partial charge < -0.3 is 24.8 Å². The van der Waals surface area contributed by atoms with E-state index in [4.69, 9.17) is 14.7 Å². The van der Waals surface area contributed by atoms with E-state index in [1.165, 1.54) is 0 Å². The number of hydrogen-bond donors (Lipinski definition) is 4. The minimum absolute atomic E-state index is 0.00603. The molecule has 6 rings (SSSR count). The van der Waals surface area contributed by atoms with Crippen LogP contribution >= 0.6 is 0 Å². The van der Waals surface area contributed by atoms with Gasteiger partial charge in [0.2, 0.25) is 17.8 Å². The Morgan fingerprint density at radius 2 is 1.49 bits per heavy atom. The maximum Gasteiger partial charge on any atom is 0.243 e. The van der Waals surface area contributed by atoms with Crippen molar-refractivity contribution < 1.29 is 29.4 Å². The zero-order chi connectivity index (χ0) is 35.4. The average Bonchev–Trinajstić information content (AvgIpc) is 3.19. The Labute approximate surface area is 298 Å². The number of piperazine rings is 1. The van der Waals surface area contributed by atoms with Crippen molar-refractivity contribution in [2.75, 3.05) is 37.6 Å². The number of nitrogens with zero attached hydrogens (tertiary/aromatic N) is 4. The maximum absolute atomic E-state index is 12.4. The van der Waals surface area contributed by atoms with Gasteiger partial charge in [0.1, 0.15) is 0 Å². The smallest absolute Gasteiger partial charge is 0.243 e. The quantitative estimate of drug-likeness (QED) is 0.0833. The molecule has 0 bridgehead atoms. The third-order valence-electron chi connectivity index (χ3n) is 9.38. The van der Waals surface area contributed by atoms with Crippen molar-refractivity contribution in [3.63, 3.8) is 0 Å². The SMILES string of the molecule is O=C(CCCCC(=O)NCc1cccc(-c2cccc([C@H]3O[C@@H](CN4CCN(c5ncccn5)CC4)C[C@@H](c4ccc(CO)cc4)O3)c2)c1)NO. The fourth-order valence-electron chi connectivity index (χ4n) is 6.55. The van der Waals surface area contributed by atoms with Crippen molar-refractivity contribution >= 4 is 17.8 Å². The summed E-state index contributed by atoms with van der Waals surface area (Å²) in [5.74, 6) is 0.233. The molecular weight excluding hydrogens is 648 g/mol. The van der Waals surface area contributed by atoms with Gasteiger partial charge in [0.15, 0.2) is 6.29 Å². The van der Waals surface area contributed by atoms with Crippen molar-refractivity contribution in [1.82, 2.24) is 25.7 Å². The highest BCUT2D eigenvalue weighted by Crippen LogP contribution is 2.39. The van der Waals surface area contributed by atoms with Gasteiger partial charge in [-0.2, -0.15) is 0 Å². The Bertz CT molecular complexity index is 1720. The van der Waals surface area contributed by atoms with E-state index >= 15 is 0 Å². The number of unbranched alkanes of at least 4 members (excludes halogenated alkanes) is 1. The lowest BCUT2D eigenvalue weighted by Crippen LogP contribution is -2.50. The van der Waals surface area contributed by atoms with Gasteiger partial charge in [-0.25, -0.2) is 15.4 Å². The molecule has 12 nitrogen and oxygen atoms in total. The molecule has 3 atom stereocenters. The van der Waals surface area contributed by atoms with Crippen molar-refractivity contribution in [2.45, 2.75) is 63.8 Å². The van der Waals surface area contributed by atoms with Gasteiger partial charge in [0.25, 0.3) is 0 Å². The standard InChI is InChI=1S/C39H46N6O6/c46-27-28-12-14-30(15-13-28)35-24-34(26-44-18-20-45(21-19-44)39-40-16-5-17-41-39)50-38(51-35)33-9-4-8-32(23-33)31-7-3-6-29(22-31)25-42-36(47)10-1-2-11-37(48)43-49/h3-9,12-17,22-23,34-35,38,46,49H,1-2,10-11,18-21,24-27H2,(H,42,47)(H,43,48)/t34-,35+,38+/m1/s1. The number of aliphatic hydroxyl groups is 1. The van der Waals surface area contributed by atoms with Crippen LogP contribution in [0.15, 0.2) is 91.3 Å². The first-order chi connectivity index (χ1) is 25.0. The summed E-state index contributed by atoms with van der Waals surface area (Å²) in [6.45, 7) is 4.62. The van der Waals surface area contributed by atoms with Crippen LogP contribution in [0, 0.1) is 0 Å². The summed E-state index contributed by atoms with van der Waals surface area (Å²) in [5, 5.41) is 21.2. The first kappa shape index (κ1) is 36.1. The molecular formula is C39H46N6O6. The summed E-state index contributed by atoms with van der Waals surface area (Å²) in [6, 6.07) is 26.1. The number of amides is 2. The largest absolute Gasteiger partial charge is 0.392 e. The molecule has 1 aromatic heterocycles. The summed E-state index contributed by atoms with van der Waals surface area (Å²) in [5.41, 5.74) is 7.45. The molecule has 3 heterocycles. The highest BCUT2D eigenvalue weighted by atomic mass is 16.7. The molecule has 2 fully saturated rings. The summed E-state index contributed by atoms with van der Waals surface area (Å²) in [4.78, 5) is 37.0. The van der Waals surface area contributed by atoms with Crippen LogP contribution in [0.1, 0.15) is 66.8 Å². The molecule has 268 valence electrons. The number of ether oxygens (including phenoxy) is 2. The van der Waals surface area contributed by atoms with Gasteiger partial charge in [0, 0.05) is 76.5 Å². The predicted octanol–water partition coefficient (Wildman–Crippen LogP) is 4.69. The molecule has 2 saturated heterocycles. The van der Waals surface area contributed by atoms with Gasteiger partial charge in [-0.05, 0) is 58.9 Å². The number of aliphatic hydroxyl groups excluding tert-OH is 1. The molecule has 4 N–H and O–H groups in total. The summed E-state index contributed by atoms with van der Waals surface area (Å²) >= 11 is 0. The van der Waals surface area contributed by atoms with E-state index < -0.39 is 12.2 Å². The topological polar surface area (TPSA) is 149 Å². The first-order valence-electron chi connectivity index (χ1n) is 17.6. The number of hydrogen-bond acceptors (Lipinski definition) is 10. The molecule has 2 aliphatic rings. The van der Waals surface area contributed by atoms with Crippen molar-refractivity contribution in [1.29, 1.82) is 0 Å². The Morgan fingerprint density at radius 1 is 0.784 bits per heavy atom. The van der Waals surface area contributed by atoms with Gasteiger partial charge in [0.05, 0.1) is 18.8 Å². The molecule has 4 aromatic rings. The van der Waals surface area contributed by atoms with E-state index in [9.17, 15) is 14.7 Å². The van der Waals surface area contributed by atoms with Crippen molar-refractivity contribution in [2.24, 2.45) is 0 Å². The van der Waals surface area contributed by atoms with Gasteiger partial charge >= 0.3 is 0 Å². The Balaban J connectivity index is 1.11. The molecule has 0 radical (unpaired) electrons. The molecule has 2 aliphatic heterocycles. The lowest BCUT2D eigenvalue weighted by atomic mass is 9.98. The number of hydroxylamine groups is 1. The van der Waals surface area contributed by atoms with E-state index in [1.54, 1.807) is 17.9 Å². The fourth-order valence-corrected chi connectivity index (χ4v) is 6.55. The third kappa shape index (κ3) is 10.2. The van der Waals surface area contributed by atoms with E-state index in [1.807, 2.05) is 60.7 Å². The normalized spacial score (nSPS) is 19.4. The van der Waals surface area contributed by atoms with Crippen LogP contribution in [0.3, 0.4) is 0 Å². The van der Waals surface area contributed by atoms with E-state index in [0.29, 0.717) is 32.2 Å². The van der Waals surface area contributed by atoms with Crippen LogP contribution in [0.2, 0.25) is 0 Å². The third-order valence-corrected chi connectivity index (χ3v) is 9.38. The van der Waals surface area contributed by atoms with Crippen LogP contribution in [0.25, 0.3) is 11.1 Å². The molecule has 3 aromatic carbocycles. The minimum atomic E-state index is -0.573. The maximum atomic E-state index is 12.4. The molecule has 0 unspecified atom stereocenters. The monoisotopic (exact) mass is 694 g/mol. The van der Waals surface area contributed by atoms with Crippen LogP contribution in [0.4, 0.5) is 5.95 Å². The minimum Gasteiger partial charge on any atom is -0.392 e. The second-order valence-corrected chi connectivity index (χ2v) is 13.0. The zero-order valence-corrected chi connectivity index (χ0v) is 28.7. The van der Waals surface area contributed by atoms with Gasteiger partial charge in [-0.1, -0.05) is 60.7 Å². The molecule has 0 aliphatic carbocycles. The number of carbonyl (C=O) groups excluding carboxylic acids is 2. The van der Waals surface area contributed by atoms with Crippen LogP contribution < -0.4 is 15.7 Å². The first-order valence-corrected chi connectivity index (χ1v) is 17.6. The van der Waals surface area contributed by atoms with Crippen molar-refractivity contribution in [3.8, 4) is 11.1 Å². The Morgan fingerprint density at radius 3 is 2.22 bits per heavy atom. The Kier molecular flexibility index (Phi) is 12.7. The van der Waals surface area contributed by atoms with Crippen LogP contribution in [-0.2, 0) is 32.2 Å². The number of aromatic nitrogens is 2. The molecule has 0 spiro atoms. The van der Waals surface area contributed by atoms with Gasteiger partial charge in [-0.3, -0.25) is 19.7 Å². The molecule has 12 heteroatoms. The molecule has 0 saturated carbocycles. The van der Waals surface area contributed by atoms with E-state index in [-0.39, 0.29) is 31.1 Å². The summed E-state index contributed by atoms with van der Waals surface area (Å²) in [6.07, 6.45) is 5.04. The molecule has 2 amide bonds. The van der Waals surface area contributed by atoms with Crippen molar-refractivity contribution in [3.05, 3.63) is 114 Å². The second kappa shape index (κ2) is 18.0. The summed E-state index contributed by atoms with van der Waals surface area (Å²) in [7, 11) is 0. The number of carbonyl (C=O) groups is 2. The lowest BCUT2D eigenvalue weighted by molar-refractivity contribution is -0.253. The predicted molar refractivity (Wildman–Crippen MR) is 191 cm³/mol. The number of rotatable bonds is 14.